The SMILES string of the molecule is COc1c(-c2cc3c(s2)CCCC3NS(=O)(=O)c2ccc(-c3ccon3)s2)ccc2c(=O)c(C(=O)OC(=O)C(F)(F)F)cn(C3CC3)c12. The average Bonchev–Trinajstić information content (AvgIpc) is 3.40. The van der Waals surface area contributed by atoms with Crippen molar-refractivity contribution in [3.8, 4) is 26.8 Å². The first-order valence-electron chi connectivity index (χ1n) is 14.6. The third kappa shape index (κ3) is 5.84. The minimum atomic E-state index is -5.41. The normalized spacial score (nSPS) is 16.5. The number of carbonyl (C=O) groups excluding carboxylic acids is 2. The smallest absolute Gasteiger partial charge is 0.491 e. The molecule has 1 N–H and O–H groups in total. The summed E-state index contributed by atoms with van der Waals surface area (Å²) in [5.74, 6) is -4.11. The summed E-state index contributed by atoms with van der Waals surface area (Å²) in [5.41, 5.74) is 0.693. The van der Waals surface area contributed by atoms with Crippen LogP contribution in [0.1, 0.15) is 58.6 Å². The van der Waals surface area contributed by atoms with Gasteiger partial charge in [-0.3, -0.25) is 4.79 Å². The lowest BCUT2D eigenvalue weighted by Gasteiger charge is -2.23. The molecule has 0 spiro atoms. The second-order valence-electron chi connectivity index (χ2n) is 11.3. The number of sulfonamides is 1. The van der Waals surface area contributed by atoms with Gasteiger partial charge in [-0.25, -0.2) is 22.7 Å². The van der Waals surface area contributed by atoms with Crippen molar-refractivity contribution in [1.29, 1.82) is 0 Å². The van der Waals surface area contributed by atoms with Gasteiger partial charge in [0.15, 0.2) is 5.75 Å². The number of pyridine rings is 1. The van der Waals surface area contributed by atoms with E-state index < -0.39 is 45.2 Å². The van der Waals surface area contributed by atoms with Crippen LogP contribution in [0.4, 0.5) is 13.2 Å². The van der Waals surface area contributed by atoms with Crippen LogP contribution in [0.5, 0.6) is 5.75 Å². The Balaban J connectivity index is 1.24. The molecule has 4 heterocycles. The molecule has 1 unspecified atom stereocenters. The molecule has 0 bridgehead atoms. The fraction of sp³-hybridized carbons (Fsp3) is 0.290. The number of aryl methyl sites for hydroxylation is 1. The number of nitrogens with zero attached hydrogens (tertiary/aromatic N) is 2. The van der Waals surface area contributed by atoms with Gasteiger partial charge in [-0.2, -0.15) is 13.2 Å². The van der Waals surface area contributed by atoms with Crippen LogP contribution >= 0.6 is 22.7 Å². The fourth-order valence-corrected chi connectivity index (χ4v) is 9.62. The molecule has 1 saturated carbocycles. The molecule has 5 aromatic rings. The zero-order valence-electron chi connectivity index (χ0n) is 24.8. The maximum absolute atomic E-state index is 13.4. The van der Waals surface area contributed by atoms with Crippen molar-refractivity contribution < 1.29 is 45.2 Å². The van der Waals surface area contributed by atoms with Crippen molar-refractivity contribution in [1.82, 2.24) is 14.4 Å². The van der Waals surface area contributed by atoms with Crippen molar-refractivity contribution >= 4 is 55.5 Å². The summed E-state index contributed by atoms with van der Waals surface area (Å²) in [6.07, 6.45) is 0.540. The number of benzene rings is 1. The topological polar surface area (TPSA) is 147 Å². The molecular formula is C31H24F3N3O8S3. The van der Waals surface area contributed by atoms with Crippen molar-refractivity contribution in [2.75, 3.05) is 7.11 Å². The monoisotopic (exact) mass is 719 g/mol. The molecule has 1 aromatic carbocycles. The summed E-state index contributed by atoms with van der Waals surface area (Å²) in [7, 11) is -2.46. The molecule has 0 saturated heterocycles. The highest BCUT2D eigenvalue weighted by molar-refractivity contribution is 7.91. The van der Waals surface area contributed by atoms with Crippen LogP contribution in [0.15, 0.2) is 62.4 Å². The number of nitrogens with one attached hydrogen (secondary N) is 1. The maximum Gasteiger partial charge on any atom is 0.491 e. The van der Waals surface area contributed by atoms with Gasteiger partial charge in [-0.1, -0.05) is 5.16 Å². The lowest BCUT2D eigenvalue weighted by Crippen LogP contribution is -2.30. The first kappa shape index (κ1) is 32.2. The Morgan fingerprint density at radius 3 is 2.56 bits per heavy atom. The fourth-order valence-electron chi connectivity index (χ4n) is 5.80. The number of rotatable bonds is 8. The number of methoxy groups -OCH3 is 1. The molecule has 11 nitrogen and oxygen atoms in total. The van der Waals surface area contributed by atoms with Gasteiger partial charge in [0.25, 0.3) is 10.0 Å². The number of ether oxygens (including phenoxy) is 2. The number of hydrogen-bond donors (Lipinski definition) is 1. The van der Waals surface area contributed by atoms with E-state index in [1.54, 1.807) is 22.8 Å². The van der Waals surface area contributed by atoms with Crippen molar-refractivity contribution in [3.63, 3.8) is 0 Å². The van der Waals surface area contributed by atoms with Gasteiger partial charge in [0.05, 0.1) is 22.9 Å². The van der Waals surface area contributed by atoms with Gasteiger partial charge in [0.1, 0.15) is 21.7 Å². The zero-order valence-corrected chi connectivity index (χ0v) is 27.3. The van der Waals surface area contributed by atoms with E-state index in [0.717, 1.165) is 45.7 Å². The molecule has 1 fully saturated rings. The van der Waals surface area contributed by atoms with Gasteiger partial charge in [0, 0.05) is 39.7 Å². The number of alkyl halides is 3. The van der Waals surface area contributed by atoms with Crippen LogP contribution in [0.2, 0.25) is 0 Å². The molecule has 0 aliphatic heterocycles. The van der Waals surface area contributed by atoms with Crippen molar-refractivity contribution in [2.45, 2.75) is 54.6 Å². The molecule has 2 aliphatic rings. The Bertz CT molecular complexity index is 2250. The Hall–Kier alpha value is -4.32. The average molecular weight is 720 g/mol. The number of aromatic nitrogens is 2. The quantitative estimate of drug-likeness (QED) is 0.142. The second-order valence-corrected chi connectivity index (χ2v) is 15.4. The van der Waals surface area contributed by atoms with Gasteiger partial charge in [-0.05, 0) is 68.0 Å². The van der Waals surface area contributed by atoms with E-state index in [-0.39, 0.29) is 15.6 Å². The van der Waals surface area contributed by atoms with E-state index in [1.165, 1.54) is 36.8 Å². The van der Waals surface area contributed by atoms with Crippen LogP contribution in [0, 0.1) is 0 Å². The summed E-state index contributed by atoms with van der Waals surface area (Å²) >= 11 is 2.55. The highest BCUT2D eigenvalue weighted by Gasteiger charge is 2.43. The minimum absolute atomic E-state index is 0.00398. The summed E-state index contributed by atoms with van der Waals surface area (Å²) in [6.45, 7) is 0. The highest BCUT2D eigenvalue weighted by Crippen LogP contribution is 2.47. The third-order valence-electron chi connectivity index (χ3n) is 8.14. The zero-order chi connectivity index (χ0) is 34.0. The number of esters is 2. The highest BCUT2D eigenvalue weighted by atomic mass is 32.2. The predicted molar refractivity (Wildman–Crippen MR) is 169 cm³/mol. The molecule has 0 amide bonds. The molecule has 4 aromatic heterocycles. The van der Waals surface area contributed by atoms with Crippen LogP contribution in [-0.2, 0) is 26.0 Å². The van der Waals surface area contributed by atoms with Gasteiger partial charge in [0.2, 0.25) is 5.43 Å². The molecule has 0 radical (unpaired) electrons. The summed E-state index contributed by atoms with van der Waals surface area (Å²) in [6, 6.07) is 9.16. The van der Waals surface area contributed by atoms with Crippen LogP contribution in [0.25, 0.3) is 31.9 Å². The second kappa shape index (κ2) is 12.0. The molecular weight excluding hydrogens is 696 g/mol. The standard InChI is InChI=1S/C31H24F3N3O8S3/c1-43-28-16(7-8-17-26(28)37(15-5-6-15)14-19(27(17)38)29(39)45-30(40)31(32,33)34)24-13-18-20(3-2-4-22(18)46-24)36-48(41,42)25-10-9-23(47-25)21-11-12-44-35-21/h7-15,20,36H,2-6H2,1H3. The van der Waals surface area contributed by atoms with Crippen molar-refractivity contribution in [3.05, 3.63) is 75.1 Å². The lowest BCUT2D eigenvalue weighted by atomic mass is 9.94. The van der Waals surface area contributed by atoms with E-state index in [1.807, 2.05) is 6.07 Å². The Kier molecular flexibility index (Phi) is 8.04. The Morgan fingerprint density at radius 1 is 1.08 bits per heavy atom. The van der Waals surface area contributed by atoms with E-state index in [9.17, 15) is 36.0 Å². The number of hydrogen-bond acceptors (Lipinski definition) is 11. The van der Waals surface area contributed by atoms with E-state index in [2.05, 4.69) is 14.6 Å². The Labute approximate surface area is 277 Å². The first-order valence-corrected chi connectivity index (χ1v) is 17.7. The summed E-state index contributed by atoms with van der Waals surface area (Å²) in [4.78, 5) is 39.7. The third-order valence-corrected chi connectivity index (χ3v) is 12.5. The summed E-state index contributed by atoms with van der Waals surface area (Å²) in [5, 5.41) is 3.87. The lowest BCUT2D eigenvalue weighted by molar-refractivity contribution is -0.193. The van der Waals surface area contributed by atoms with Crippen molar-refractivity contribution in [2.24, 2.45) is 0 Å². The number of thiophene rings is 2. The molecule has 2 aliphatic carbocycles. The molecule has 250 valence electrons. The van der Waals surface area contributed by atoms with Gasteiger partial charge >= 0.3 is 18.1 Å². The van der Waals surface area contributed by atoms with E-state index in [4.69, 9.17) is 9.26 Å². The summed E-state index contributed by atoms with van der Waals surface area (Å²) < 4.78 is 84.4. The molecule has 48 heavy (non-hydrogen) atoms. The Morgan fingerprint density at radius 2 is 1.88 bits per heavy atom. The number of halogens is 3. The van der Waals surface area contributed by atoms with Crippen LogP contribution in [-0.4, -0.2) is 43.4 Å². The van der Waals surface area contributed by atoms with Gasteiger partial charge in [-0.15, -0.1) is 22.7 Å². The van der Waals surface area contributed by atoms with E-state index >= 15 is 0 Å². The molecule has 7 rings (SSSR count). The first-order chi connectivity index (χ1) is 22.9. The minimum Gasteiger partial charge on any atom is -0.494 e. The van der Waals surface area contributed by atoms with E-state index in [0.29, 0.717) is 46.7 Å². The van der Waals surface area contributed by atoms with Crippen LogP contribution < -0.4 is 14.9 Å². The van der Waals surface area contributed by atoms with Crippen LogP contribution in [0.3, 0.4) is 0 Å². The maximum atomic E-state index is 13.4. The molecule has 1 atom stereocenters. The molecule has 17 heteroatoms. The van der Waals surface area contributed by atoms with Gasteiger partial charge < -0.3 is 18.6 Å². The number of fused-ring (bicyclic) bond motifs is 2. The predicted octanol–water partition coefficient (Wildman–Crippen LogP) is 6.39. The largest absolute Gasteiger partial charge is 0.494 e. The number of carbonyl (C=O) groups is 2.